The van der Waals surface area contributed by atoms with Gasteiger partial charge in [0.05, 0.1) is 11.0 Å². The van der Waals surface area contributed by atoms with Crippen LogP contribution in [0.5, 0.6) is 0 Å². The smallest absolute Gasteiger partial charge is 0.0726 e. The predicted molar refractivity (Wildman–Crippen MR) is 181 cm³/mol. The number of benzene rings is 2. The van der Waals surface area contributed by atoms with Crippen LogP contribution in [0, 0.1) is 0 Å². The molecule has 6 heteroatoms. The van der Waals surface area contributed by atoms with E-state index in [1.54, 1.807) is 0 Å². The standard InChI is InChI=1S/C35H44N4.2ClH/c1(2-4-14-24-36-34-26-16-6-10-20-30(26)38-31-21-11-7-17-27(31)34)3-5-15-25-37-35-28-18-8-12-22-32(28)39-33-23-13-9-19-29(33)35;;/h6,8,10,12,16,18,20,22H,1-5,7,9,11,13-15,17,19,21,23-25H2,(H,36,38)(H,37,39);2*1H. The summed E-state index contributed by atoms with van der Waals surface area (Å²) >= 11 is 0. The molecule has 0 radical (unpaired) electrons. The van der Waals surface area contributed by atoms with E-state index in [0.29, 0.717) is 0 Å². The number of hydrogen-bond acceptors (Lipinski definition) is 4. The average molecular weight is 594 g/mol. The van der Waals surface area contributed by atoms with E-state index in [-0.39, 0.29) is 24.8 Å². The summed E-state index contributed by atoms with van der Waals surface area (Å²) in [6.07, 6.45) is 18.9. The maximum Gasteiger partial charge on any atom is 0.0726 e. The number of unbranched alkanes of at least 4 members (excludes halogenated alkanes) is 6. The monoisotopic (exact) mass is 592 g/mol. The maximum atomic E-state index is 4.98. The van der Waals surface area contributed by atoms with Gasteiger partial charge in [-0.2, -0.15) is 0 Å². The van der Waals surface area contributed by atoms with Crippen molar-refractivity contribution in [2.24, 2.45) is 0 Å². The first-order valence-corrected chi connectivity index (χ1v) is 15.7. The van der Waals surface area contributed by atoms with E-state index in [9.17, 15) is 0 Å². The Hall–Kier alpha value is -2.56. The Balaban J connectivity index is 0.00000194. The number of aryl methyl sites for hydroxylation is 2. The van der Waals surface area contributed by atoms with E-state index in [1.165, 1.54) is 128 Å². The van der Waals surface area contributed by atoms with Crippen molar-refractivity contribution < 1.29 is 0 Å². The van der Waals surface area contributed by atoms with Gasteiger partial charge in [0.2, 0.25) is 0 Å². The Morgan fingerprint density at radius 1 is 0.488 bits per heavy atom. The van der Waals surface area contributed by atoms with Crippen molar-refractivity contribution in [1.29, 1.82) is 0 Å². The van der Waals surface area contributed by atoms with Crippen LogP contribution >= 0.6 is 24.8 Å². The van der Waals surface area contributed by atoms with Gasteiger partial charge >= 0.3 is 0 Å². The molecular weight excluding hydrogens is 547 g/mol. The van der Waals surface area contributed by atoms with Gasteiger partial charge in [-0.05, 0) is 87.5 Å². The molecule has 0 aliphatic heterocycles. The summed E-state index contributed by atoms with van der Waals surface area (Å²) in [5.74, 6) is 0. The molecule has 2 N–H and O–H groups in total. The molecule has 6 rings (SSSR count). The molecule has 2 aliphatic rings. The quantitative estimate of drug-likeness (QED) is 0.161. The zero-order valence-electron chi connectivity index (χ0n) is 24.4. The van der Waals surface area contributed by atoms with Gasteiger partial charge in [-0.3, -0.25) is 9.97 Å². The minimum atomic E-state index is 0. The van der Waals surface area contributed by atoms with Gasteiger partial charge in [-0.1, -0.05) is 68.5 Å². The van der Waals surface area contributed by atoms with Crippen molar-refractivity contribution >= 4 is 58.0 Å². The third-order valence-electron chi connectivity index (χ3n) is 8.80. The summed E-state index contributed by atoms with van der Waals surface area (Å²) < 4.78 is 0. The maximum absolute atomic E-state index is 4.98. The molecular formula is C35H46Cl2N4. The van der Waals surface area contributed by atoms with Crippen LogP contribution in [0.3, 0.4) is 0 Å². The average Bonchev–Trinajstić information content (AvgIpc) is 2.98. The molecule has 0 saturated heterocycles. The van der Waals surface area contributed by atoms with Gasteiger partial charge in [0.1, 0.15) is 0 Å². The third kappa shape index (κ3) is 7.45. The highest BCUT2D eigenvalue weighted by Gasteiger charge is 2.19. The molecule has 0 spiro atoms. The van der Waals surface area contributed by atoms with Crippen LogP contribution in [-0.2, 0) is 25.7 Å². The van der Waals surface area contributed by atoms with Crippen LogP contribution in [0.4, 0.5) is 11.4 Å². The highest BCUT2D eigenvalue weighted by molar-refractivity contribution is 5.94. The van der Waals surface area contributed by atoms with Crippen LogP contribution < -0.4 is 10.6 Å². The van der Waals surface area contributed by atoms with Crippen molar-refractivity contribution in [2.75, 3.05) is 23.7 Å². The van der Waals surface area contributed by atoms with Crippen LogP contribution in [0.15, 0.2) is 48.5 Å². The molecule has 41 heavy (non-hydrogen) atoms. The van der Waals surface area contributed by atoms with Crippen molar-refractivity contribution in [1.82, 2.24) is 9.97 Å². The first-order valence-electron chi connectivity index (χ1n) is 15.7. The Labute approximate surface area is 258 Å². The van der Waals surface area contributed by atoms with Gasteiger partial charge in [0, 0.05) is 46.6 Å². The lowest BCUT2D eigenvalue weighted by Crippen LogP contribution is -2.12. The van der Waals surface area contributed by atoms with Crippen LogP contribution in [-0.4, -0.2) is 23.1 Å². The molecule has 0 unspecified atom stereocenters. The summed E-state index contributed by atoms with van der Waals surface area (Å²) in [5, 5.41) is 10.3. The largest absolute Gasteiger partial charge is 0.384 e. The lowest BCUT2D eigenvalue weighted by molar-refractivity contribution is 0.591. The number of aromatic nitrogens is 2. The second-order valence-electron chi connectivity index (χ2n) is 11.6. The van der Waals surface area contributed by atoms with Crippen molar-refractivity contribution in [3.05, 3.63) is 71.0 Å². The normalized spacial score (nSPS) is 14.0. The van der Waals surface area contributed by atoms with E-state index >= 15 is 0 Å². The van der Waals surface area contributed by atoms with Crippen molar-refractivity contribution in [2.45, 2.75) is 96.3 Å². The Bertz CT molecular complexity index is 1310. The summed E-state index contributed by atoms with van der Waals surface area (Å²) in [4.78, 5) is 9.96. The van der Waals surface area contributed by atoms with Gasteiger partial charge in [-0.25, -0.2) is 0 Å². The number of halogens is 2. The van der Waals surface area contributed by atoms with Crippen LogP contribution in [0.1, 0.15) is 93.1 Å². The van der Waals surface area contributed by atoms with E-state index in [4.69, 9.17) is 9.97 Å². The molecule has 0 saturated carbocycles. The number of rotatable bonds is 12. The molecule has 0 bridgehead atoms. The van der Waals surface area contributed by atoms with Crippen LogP contribution in [0.2, 0.25) is 0 Å². The highest BCUT2D eigenvalue weighted by Crippen LogP contribution is 2.34. The number of hydrogen-bond donors (Lipinski definition) is 2. The molecule has 4 aromatic rings. The fourth-order valence-corrected chi connectivity index (χ4v) is 6.71. The number of anilines is 2. The summed E-state index contributed by atoms with van der Waals surface area (Å²) in [5.41, 5.74) is 10.6. The first kappa shape index (κ1) is 31.4. The topological polar surface area (TPSA) is 49.8 Å². The molecule has 4 nitrogen and oxygen atoms in total. The molecule has 2 heterocycles. The lowest BCUT2D eigenvalue weighted by Gasteiger charge is -2.21. The number of pyridine rings is 2. The first-order chi connectivity index (χ1) is 19.4. The second-order valence-corrected chi connectivity index (χ2v) is 11.6. The van der Waals surface area contributed by atoms with E-state index in [0.717, 1.165) is 37.0 Å². The van der Waals surface area contributed by atoms with Crippen molar-refractivity contribution in [3.63, 3.8) is 0 Å². The zero-order chi connectivity index (χ0) is 26.3. The Kier molecular flexibility index (Phi) is 11.9. The zero-order valence-corrected chi connectivity index (χ0v) is 26.0. The Morgan fingerprint density at radius 3 is 1.34 bits per heavy atom. The molecule has 2 aliphatic carbocycles. The van der Waals surface area contributed by atoms with Gasteiger partial charge < -0.3 is 10.6 Å². The minimum absolute atomic E-state index is 0. The molecule has 2 aromatic carbocycles. The highest BCUT2D eigenvalue weighted by atomic mass is 35.5. The number of para-hydroxylation sites is 2. The lowest BCUT2D eigenvalue weighted by atomic mass is 9.92. The SMILES string of the molecule is Cl.Cl.c1ccc2c(NCCCCCCCCCNc3c4c(nc5ccccc35)CCCC4)c3c(nc2c1)CCCC3. The third-order valence-corrected chi connectivity index (χ3v) is 8.80. The predicted octanol–water partition coefficient (Wildman–Crippen LogP) is 9.64. The molecule has 0 amide bonds. The fourth-order valence-electron chi connectivity index (χ4n) is 6.71. The van der Waals surface area contributed by atoms with Crippen molar-refractivity contribution in [3.8, 4) is 0 Å². The van der Waals surface area contributed by atoms with E-state index < -0.39 is 0 Å². The van der Waals surface area contributed by atoms with Gasteiger partial charge in [0.15, 0.2) is 0 Å². The molecule has 220 valence electrons. The summed E-state index contributed by atoms with van der Waals surface area (Å²) in [6, 6.07) is 17.3. The Morgan fingerprint density at radius 2 is 0.878 bits per heavy atom. The van der Waals surface area contributed by atoms with E-state index in [2.05, 4.69) is 59.2 Å². The summed E-state index contributed by atoms with van der Waals surface area (Å²) in [7, 11) is 0. The fraction of sp³-hybridized carbons (Fsp3) is 0.486. The van der Waals surface area contributed by atoms with Gasteiger partial charge in [-0.15, -0.1) is 24.8 Å². The molecule has 0 fully saturated rings. The van der Waals surface area contributed by atoms with Crippen LogP contribution in [0.25, 0.3) is 21.8 Å². The number of fused-ring (bicyclic) bond motifs is 4. The van der Waals surface area contributed by atoms with Gasteiger partial charge in [0.25, 0.3) is 0 Å². The number of nitrogens with one attached hydrogen (secondary N) is 2. The molecule has 0 atom stereocenters. The second kappa shape index (κ2) is 15.6. The minimum Gasteiger partial charge on any atom is -0.384 e. The molecule has 2 aromatic heterocycles. The number of nitrogens with zero attached hydrogens (tertiary/aromatic N) is 2. The van der Waals surface area contributed by atoms with E-state index in [1.807, 2.05) is 0 Å². The summed E-state index contributed by atoms with van der Waals surface area (Å²) in [6.45, 7) is 2.13.